The molecule has 164 valence electrons. The molecular weight excluding hydrogens is 480 g/mol. The second-order valence-electron chi connectivity index (χ2n) is 6.43. The van der Waals surface area contributed by atoms with Crippen LogP contribution in [0.2, 0.25) is 0 Å². The lowest BCUT2D eigenvalue weighted by molar-refractivity contribution is 0.0734. The molecule has 0 unspecified atom stereocenters. The van der Waals surface area contributed by atoms with E-state index in [1.165, 1.54) is 18.3 Å². The van der Waals surface area contributed by atoms with E-state index in [0.717, 1.165) is 6.07 Å². The van der Waals surface area contributed by atoms with E-state index in [1.807, 2.05) is 6.92 Å². The summed E-state index contributed by atoms with van der Waals surface area (Å²) in [4.78, 5) is 24.7. The first-order valence-electron chi connectivity index (χ1n) is 9.47. The summed E-state index contributed by atoms with van der Waals surface area (Å²) in [5, 5.41) is 23.0. The number of halogens is 1. The molecule has 0 heterocycles. The minimum atomic E-state index is -0.679. The Morgan fingerprint density at radius 3 is 2.50 bits per heavy atom. The van der Waals surface area contributed by atoms with Gasteiger partial charge in [0, 0.05) is 16.1 Å². The first kappa shape index (κ1) is 22.8. The molecule has 8 nitrogen and oxygen atoms in total. The molecule has 3 aromatic rings. The number of nitrogens with zero attached hydrogens (tertiary/aromatic N) is 1. The number of carbonyl (C=O) groups is 2. The molecule has 1 amide bonds. The predicted octanol–water partition coefficient (Wildman–Crippen LogP) is 4.24. The Morgan fingerprint density at radius 2 is 1.81 bits per heavy atom. The number of hydrogen-bond donors (Lipinski definition) is 3. The zero-order valence-electron chi connectivity index (χ0n) is 16.9. The number of amides is 1. The summed E-state index contributed by atoms with van der Waals surface area (Å²) in [6, 6.07) is 15.1. The van der Waals surface area contributed by atoms with Crippen LogP contribution in [0, 0.1) is 0 Å². The van der Waals surface area contributed by atoms with E-state index in [4.69, 9.17) is 9.47 Å². The highest BCUT2D eigenvalue weighted by Crippen LogP contribution is 2.24. The van der Waals surface area contributed by atoms with Crippen LogP contribution in [0.15, 0.2) is 70.2 Å². The molecular formula is C23H19BrN2O6. The average Bonchev–Trinajstić information content (AvgIpc) is 2.76. The highest BCUT2D eigenvalue weighted by atomic mass is 79.9. The molecule has 0 aliphatic carbocycles. The standard InChI is InChI=1S/C23H19BrN2O6/c1-2-31-18-7-3-14(4-8-18)23(30)32-21-10-5-16(24)11-15(21)13-25-26-22(29)19-9-6-17(27)12-20(19)28/h3-13,27-28H,2H2,1H3,(H,26,29). The van der Waals surface area contributed by atoms with E-state index >= 15 is 0 Å². The number of ether oxygens (including phenoxy) is 2. The summed E-state index contributed by atoms with van der Waals surface area (Å²) in [5.41, 5.74) is 2.99. The number of carbonyl (C=O) groups excluding carboxylic acids is 2. The smallest absolute Gasteiger partial charge is 0.343 e. The van der Waals surface area contributed by atoms with Crippen LogP contribution in [0.5, 0.6) is 23.0 Å². The van der Waals surface area contributed by atoms with Crippen molar-refractivity contribution in [1.82, 2.24) is 5.43 Å². The summed E-state index contributed by atoms with van der Waals surface area (Å²) in [5.74, 6) is -0.918. The van der Waals surface area contributed by atoms with Crippen molar-refractivity contribution in [3.8, 4) is 23.0 Å². The Balaban J connectivity index is 1.73. The minimum Gasteiger partial charge on any atom is -0.508 e. The van der Waals surface area contributed by atoms with Gasteiger partial charge in [0.05, 0.1) is 23.9 Å². The third kappa shape index (κ3) is 5.86. The fraction of sp³-hybridized carbons (Fsp3) is 0.0870. The predicted molar refractivity (Wildman–Crippen MR) is 122 cm³/mol. The van der Waals surface area contributed by atoms with Crippen molar-refractivity contribution in [3.05, 3.63) is 81.8 Å². The molecule has 3 N–H and O–H groups in total. The molecule has 0 spiro atoms. The molecule has 0 aromatic heterocycles. The minimum absolute atomic E-state index is 0.0589. The molecule has 0 fully saturated rings. The average molecular weight is 499 g/mol. The molecule has 0 atom stereocenters. The maximum Gasteiger partial charge on any atom is 0.343 e. The molecule has 0 radical (unpaired) electrons. The van der Waals surface area contributed by atoms with Crippen LogP contribution in [-0.4, -0.2) is 34.9 Å². The largest absolute Gasteiger partial charge is 0.508 e. The Hall–Kier alpha value is -3.85. The third-order valence-electron chi connectivity index (χ3n) is 4.17. The number of rotatable bonds is 7. The molecule has 3 rings (SSSR count). The monoisotopic (exact) mass is 498 g/mol. The molecule has 3 aromatic carbocycles. The number of aromatic hydroxyl groups is 2. The van der Waals surface area contributed by atoms with Crippen LogP contribution in [0.4, 0.5) is 0 Å². The second kappa shape index (κ2) is 10.5. The number of esters is 1. The Labute approximate surface area is 192 Å². The van der Waals surface area contributed by atoms with Crippen molar-refractivity contribution < 1.29 is 29.3 Å². The Morgan fingerprint density at radius 1 is 1.06 bits per heavy atom. The van der Waals surface area contributed by atoms with Gasteiger partial charge in [-0.2, -0.15) is 5.10 Å². The SMILES string of the molecule is CCOc1ccc(C(=O)Oc2ccc(Br)cc2C=NNC(=O)c2ccc(O)cc2O)cc1. The van der Waals surface area contributed by atoms with E-state index in [2.05, 4.69) is 26.5 Å². The van der Waals surface area contributed by atoms with E-state index in [-0.39, 0.29) is 22.8 Å². The number of phenolic OH excluding ortho intramolecular Hbond substituents is 2. The lowest BCUT2D eigenvalue weighted by atomic mass is 10.2. The topological polar surface area (TPSA) is 117 Å². The molecule has 0 aliphatic rings. The van der Waals surface area contributed by atoms with Crippen LogP contribution >= 0.6 is 15.9 Å². The van der Waals surface area contributed by atoms with Gasteiger partial charge in [0.2, 0.25) is 0 Å². The zero-order chi connectivity index (χ0) is 23.1. The highest BCUT2D eigenvalue weighted by Gasteiger charge is 2.13. The van der Waals surface area contributed by atoms with Gasteiger partial charge < -0.3 is 19.7 Å². The van der Waals surface area contributed by atoms with Crippen molar-refractivity contribution in [2.24, 2.45) is 5.10 Å². The zero-order valence-corrected chi connectivity index (χ0v) is 18.5. The number of nitrogens with one attached hydrogen (secondary N) is 1. The van der Waals surface area contributed by atoms with Crippen molar-refractivity contribution in [1.29, 1.82) is 0 Å². The van der Waals surface area contributed by atoms with Crippen molar-refractivity contribution in [3.63, 3.8) is 0 Å². The van der Waals surface area contributed by atoms with E-state index in [0.29, 0.717) is 28.0 Å². The van der Waals surface area contributed by atoms with Gasteiger partial charge >= 0.3 is 5.97 Å². The molecule has 0 aliphatic heterocycles. The van der Waals surface area contributed by atoms with Gasteiger partial charge in [0.1, 0.15) is 23.0 Å². The molecule has 0 saturated heterocycles. The van der Waals surface area contributed by atoms with Crippen LogP contribution < -0.4 is 14.9 Å². The summed E-state index contributed by atoms with van der Waals surface area (Å²) in [7, 11) is 0. The van der Waals surface area contributed by atoms with Gasteiger partial charge in [-0.1, -0.05) is 15.9 Å². The van der Waals surface area contributed by atoms with Crippen molar-refractivity contribution in [2.75, 3.05) is 6.61 Å². The van der Waals surface area contributed by atoms with E-state index in [9.17, 15) is 19.8 Å². The summed E-state index contributed by atoms with van der Waals surface area (Å²) in [6.45, 7) is 2.39. The number of hydrogen-bond acceptors (Lipinski definition) is 7. The van der Waals surface area contributed by atoms with Crippen LogP contribution in [0.1, 0.15) is 33.2 Å². The lowest BCUT2D eigenvalue weighted by Gasteiger charge is -2.09. The van der Waals surface area contributed by atoms with E-state index < -0.39 is 11.9 Å². The summed E-state index contributed by atoms with van der Waals surface area (Å²) in [6.07, 6.45) is 1.31. The van der Waals surface area contributed by atoms with Crippen LogP contribution in [-0.2, 0) is 0 Å². The normalized spacial score (nSPS) is 10.7. The lowest BCUT2D eigenvalue weighted by Crippen LogP contribution is -2.18. The molecule has 32 heavy (non-hydrogen) atoms. The number of hydrazone groups is 1. The van der Waals surface area contributed by atoms with Crippen LogP contribution in [0.3, 0.4) is 0 Å². The quantitative estimate of drug-likeness (QED) is 0.194. The summed E-state index contributed by atoms with van der Waals surface area (Å²) >= 11 is 3.34. The van der Waals surface area contributed by atoms with Gasteiger partial charge in [-0.3, -0.25) is 4.79 Å². The molecule has 0 bridgehead atoms. The van der Waals surface area contributed by atoms with Gasteiger partial charge in [0.25, 0.3) is 5.91 Å². The fourth-order valence-electron chi connectivity index (χ4n) is 2.66. The van der Waals surface area contributed by atoms with Crippen LogP contribution in [0.25, 0.3) is 0 Å². The Kier molecular flexibility index (Phi) is 7.45. The highest BCUT2D eigenvalue weighted by molar-refractivity contribution is 9.10. The van der Waals surface area contributed by atoms with Gasteiger partial charge in [-0.15, -0.1) is 0 Å². The van der Waals surface area contributed by atoms with E-state index in [1.54, 1.807) is 42.5 Å². The summed E-state index contributed by atoms with van der Waals surface area (Å²) < 4.78 is 11.6. The number of phenols is 2. The first-order chi connectivity index (χ1) is 15.4. The molecule has 9 heteroatoms. The van der Waals surface area contributed by atoms with Crippen molar-refractivity contribution in [2.45, 2.75) is 6.92 Å². The van der Waals surface area contributed by atoms with Crippen molar-refractivity contribution >= 4 is 34.0 Å². The molecule has 0 saturated carbocycles. The second-order valence-corrected chi connectivity index (χ2v) is 7.35. The fourth-order valence-corrected chi connectivity index (χ4v) is 3.04. The first-order valence-corrected chi connectivity index (χ1v) is 10.3. The van der Waals surface area contributed by atoms with Gasteiger partial charge in [-0.05, 0) is 61.5 Å². The van der Waals surface area contributed by atoms with Gasteiger partial charge in [-0.25, -0.2) is 10.2 Å². The van der Waals surface area contributed by atoms with Gasteiger partial charge in [0.15, 0.2) is 0 Å². The third-order valence-corrected chi connectivity index (χ3v) is 4.66. The number of benzene rings is 3. The maximum absolute atomic E-state index is 12.5. The Bertz CT molecular complexity index is 1160. The maximum atomic E-state index is 12.5.